The summed E-state index contributed by atoms with van der Waals surface area (Å²) >= 11 is 5.26. The lowest BCUT2D eigenvalue weighted by molar-refractivity contribution is 1.20. The molecule has 3 heteroatoms. The van der Waals surface area contributed by atoms with Gasteiger partial charge in [-0.05, 0) is 39.5 Å². The van der Waals surface area contributed by atoms with Gasteiger partial charge in [0, 0.05) is 22.5 Å². The molecular weight excluding hydrogens is 306 g/mol. The van der Waals surface area contributed by atoms with E-state index < -0.39 is 0 Å². The largest absolute Gasteiger partial charge is 0.380 e. The average Bonchev–Trinajstić information content (AvgIpc) is 2.82. The third-order valence-electron chi connectivity index (χ3n) is 2.87. The van der Waals surface area contributed by atoms with Crippen LogP contribution < -0.4 is 5.32 Å². The van der Waals surface area contributed by atoms with Crippen molar-refractivity contribution in [2.45, 2.75) is 6.54 Å². The van der Waals surface area contributed by atoms with Gasteiger partial charge in [0.1, 0.15) is 0 Å². The van der Waals surface area contributed by atoms with E-state index >= 15 is 0 Å². The Morgan fingerprint density at radius 2 is 1.78 bits per heavy atom. The second-order valence-electron chi connectivity index (χ2n) is 4.09. The number of hydrogen-bond acceptors (Lipinski definition) is 2. The quantitative estimate of drug-likeness (QED) is 0.693. The molecule has 0 saturated carbocycles. The van der Waals surface area contributed by atoms with Crippen LogP contribution in [0.15, 0.2) is 58.4 Å². The van der Waals surface area contributed by atoms with E-state index in [2.05, 4.69) is 75.8 Å². The summed E-state index contributed by atoms with van der Waals surface area (Å²) in [5.41, 5.74) is 1.19. The molecular formula is C15H12BrNS. The van der Waals surface area contributed by atoms with E-state index in [4.69, 9.17) is 0 Å². The van der Waals surface area contributed by atoms with E-state index in [1.54, 1.807) is 11.3 Å². The van der Waals surface area contributed by atoms with Crippen molar-refractivity contribution in [3.05, 3.63) is 63.3 Å². The molecule has 0 unspecified atom stereocenters. The van der Waals surface area contributed by atoms with Gasteiger partial charge in [0.2, 0.25) is 0 Å². The summed E-state index contributed by atoms with van der Waals surface area (Å²) in [7, 11) is 0. The maximum atomic E-state index is 3.51. The highest BCUT2D eigenvalue weighted by Crippen LogP contribution is 2.26. The molecule has 0 amide bonds. The number of anilines is 1. The molecule has 1 heterocycles. The summed E-state index contributed by atoms with van der Waals surface area (Å²) in [5.74, 6) is 0. The van der Waals surface area contributed by atoms with Crippen LogP contribution in [0.4, 0.5) is 5.69 Å². The van der Waals surface area contributed by atoms with Crippen LogP contribution in [-0.4, -0.2) is 0 Å². The number of fused-ring (bicyclic) bond motifs is 1. The Balaban J connectivity index is 1.86. The molecule has 3 aromatic rings. The van der Waals surface area contributed by atoms with Gasteiger partial charge in [0.25, 0.3) is 0 Å². The molecule has 0 atom stereocenters. The molecule has 0 spiro atoms. The summed E-state index contributed by atoms with van der Waals surface area (Å²) in [5, 5.41) is 6.05. The summed E-state index contributed by atoms with van der Waals surface area (Å²) < 4.78 is 1.18. The summed E-state index contributed by atoms with van der Waals surface area (Å²) in [6.45, 7) is 0.865. The molecule has 0 aliphatic heterocycles. The maximum absolute atomic E-state index is 3.51. The summed E-state index contributed by atoms with van der Waals surface area (Å²) in [6.07, 6.45) is 0. The lowest BCUT2D eigenvalue weighted by Crippen LogP contribution is -1.97. The fraction of sp³-hybridized carbons (Fsp3) is 0.0667. The Kier molecular flexibility index (Phi) is 3.35. The molecule has 0 aliphatic rings. The van der Waals surface area contributed by atoms with Crippen molar-refractivity contribution in [2.75, 3.05) is 5.32 Å². The lowest BCUT2D eigenvalue weighted by Gasteiger charge is -2.08. The maximum Gasteiger partial charge on any atom is 0.0702 e. The molecule has 90 valence electrons. The monoisotopic (exact) mass is 317 g/mol. The zero-order chi connectivity index (χ0) is 12.4. The Hall–Kier alpha value is -1.32. The Morgan fingerprint density at radius 1 is 0.944 bits per heavy atom. The Bertz CT molecular complexity index is 670. The molecule has 0 radical (unpaired) electrons. The van der Waals surface area contributed by atoms with Crippen LogP contribution in [0.2, 0.25) is 0 Å². The second-order valence-corrected chi connectivity index (χ2v) is 6.63. The smallest absolute Gasteiger partial charge is 0.0702 e. The van der Waals surface area contributed by atoms with Crippen molar-refractivity contribution in [3.63, 3.8) is 0 Å². The predicted octanol–water partition coefficient (Wildman–Crippen LogP) is 5.28. The predicted molar refractivity (Wildman–Crippen MR) is 83.3 cm³/mol. The molecule has 0 bridgehead atoms. The number of nitrogens with one attached hydrogen (secondary N) is 1. The normalized spacial score (nSPS) is 10.7. The molecule has 0 aliphatic carbocycles. The molecule has 18 heavy (non-hydrogen) atoms. The molecule has 1 N–H and O–H groups in total. The molecule has 0 fully saturated rings. The van der Waals surface area contributed by atoms with Crippen LogP contribution in [0.25, 0.3) is 10.8 Å². The molecule has 1 aromatic heterocycles. The average molecular weight is 318 g/mol. The highest BCUT2D eigenvalue weighted by atomic mass is 79.9. The Labute approximate surface area is 119 Å². The van der Waals surface area contributed by atoms with Crippen LogP contribution in [0.1, 0.15) is 4.88 Å². The van der Waals surface area contributed by atoms with Gasteiger partial charge in [0.05, 0.1) is 3.79 Å². The van der Waals surface area contributed by atoms with Crippen LogP contribution in [-0.2, 0) is 6.54 Å². The fourth-order valence-electron chi connectivity index (χ4n) is 2.01. The first-order valence-corrected chi connectivity index (χ1v) is 7.40. The zero-order valence-corrected chi connectivity index (χ0v) is 12.1. The third-order valence-corrected chi connectivity index (χ3v) is 4.50. The van der Waals surface area contributed by atoms with Gasteiger partial charge in [-0.2, -0.15) is 0 Å². The minimum Gasteiger partial charge on any atom is -0.380 e. The van der Waals surface area contributed by atoms with Gasteiger partial charge < -0.3 is 5.32 Å². The van der Waals surface area contributed by atoms with Crippen molar-refractivity contribution in [1.29, 1.82) is 0 Å². The van der Waals surface area contributed by atoms with Crippen molar-refractivity contribution < 1.29 is 0 Å². The number of hydrogen-bond donors (Lipinski definition) is 1. The number of thiophene rings is 1. The van der Waals surface area contributed by atoms with Crippen molar-refractivity contribution in [1.82, 2.24) is 0 Å². The first-order chi connectivity index (χ1) is 8.83. The minimum absolute atomic E-state index is 0.865. The highest BCUT2D eigenvalue weighted by Gasteiger charge is 2.01. The third kappa shape index (κ3) is 2.42. The fourth-order valence-corrected chi connectivity index (χ4v) is 3.43. The highest BCUT2D eigenvalue weighted by molar-refractivity contribution is 9.11. The minimum atomic E-state index is 0.865. The number of benzene rings is 2. The van der Waals surface area contributed by atoms with E-state index in [9.17, 15) is 0 Å². The van der Waals surface area contributed by atoms with Gasteiger partial charge in [-0.1, -0.05) is 36.4 Å². The van der Waals surface area contributed by atoms with Gasteiger partial charge >= 0.3 is 0 Å². The van der Waals surface area contributed by atoms with E-state index in [0.717, 1.165) is 6.54 Å². The molecule has 1 nitrogen and oxygen atoms in total. The molecule has 2 aromatic carbocycles. The van der Waals surface area contributed by atoms with Crippen molar-refractivity contribution in [2.24, 2.45) is 0 Å². The topological polar surface area (TPSA) is 12.0 Å². The molecule has 0 saturated heterocycles. The van der Waals surface area contributed by atoms with Gasteiger partial charge in [-0.3, -0.25) is 0 Å². The number of rotatable bonds is 3. The Morgan fingerprint density at radius 3 is 2.61 bits per heavy atom. The summed E-state index contributed by atoms with van der Waals surface area (Å²) in [4.78, 5) is 1.33. The van der Waals surface area contributed by atoms with E-state index in [0.29, 0.717) is 0 Å². The first kappa shape index (κ1) is 11.8. The van der Waals surface area contributed by atoms with Crippen LogP contribution in [0, 0.1) is 0 Å². The van der Waals surface area contributed by atoms with Crippen molar-refractivity contribution >= 4 is 43.7 Å². The SMILES string of the molecule is Brc1ccc(CNc2cccc3ccccc23)s1. The lowest BCUT2D eigenvalue weighted by atomic mass is 10.1. The summed E-state index contributed by atoms with van der Waals surface area (Å²) in [6, 6.07) is 19.0. The van der Waals surface area contributed by atoms with E-state index in [1.165, 1.54) is 25.1 Å². The van der Waals surface area contributed by atoms with E-state index in [-0.39, 0.29) is 0 Å². The van der Waals surface area contributed by atoms with Crippen LogP contribution in [0.5, 0.6) is 0 Å². The number of halogens is 1. The van der Waals surface area contributed by atoms with Crippen molar-refractivity contribution in [3.8, 4) is 0 Å². The van der Waals surface area contributed by atoms with Gasteiger partial charge in [0.15, 0.2) is 0 Å². The van der Waals surface area contributed by atoms with Gasteiger partial charge in [-0.25, -0.2) is 0 Å². The second kappa shape index (κ2) is 5.12. The first-order valence-electron chi connectivity index (χ1n) is 5.79. The standard InChI is InChI=1S/C15H12BrNS/c16-15-9-8-12(18-15)10-17-14-7-3-5-11-4-1-2-6-13(11)14/h1-9,17H,10H2. The zero-order valence-electron chi connectivity index (χ0n) is 9.69. The van der Waals surface area contributed by atoms with Crippen LogP contribution >= 0.6 is 27.3 Å². The van der Waals surface area contributed by atoms with E-state index in [1.807, 2.05) is 0 Å². The van der Waals surface area contributed by atoms with Crippen LogP contribution in [0.3, 0.4) is 0 Å². The molecule has 3 rings (SSSR count). The van der Waals surface area contributed by atoms with Gasteiger partial charge in [-0.15, -0.1) is 11.3 Å².